The van der Waals surface area contributed by atoms with E-state index in [0.29, 0.717) is 13.0 Å². The topological polar surface area (TPSA) is 32.7 Å². The van der Waals surface area contributed by atoms with Gasteiger partial charge in [-0.15, -0.1) is 11.3 Å². The number of ether oxygens (including phenoxy) is 1. The van der Waals surface area contributed by atoms with Crippen molar-refractivity contribution in [3.63, 3.8) is 0 Å². The van der Waals surface area contributed by atoms with Gasteiger partial charge in [0, 0.05) is 48.1 Å². The molecule has 0 aliphatic heterocycles. The van der Waals surface area contributed by atoms with E-state index in [9.17, 15) is 0 Å². The molecule has 1 aromatic heterocycles. The quantitative estimate of drug-likeness (QED) is 0.861. The number of anilines is 1. The van der Waals surface area contributed by atoms with Gasteiger partial charge in [0.05, 0.1) is 6.61 Å². The Morgan fingerprint density at radius 1 is 1.29 bits per heavy atom. The van der Waals surface area contributed by atoms with Crippen LogP contribution in [-0.4, -0.2) is 25.8 Å². The van der Waals surface area contributed by atoms with Gasteiger partial charge in [-0.05, 0) is 18.2 Å². The van der Waals surface area contributed by atoms with Gasteiger partial charge in [-0.3, -0.25) is 0 Å². The zero-order valence-corrected chi connectivity index (χ0v) is 13.1. The summed E-state index contributed by atoms with van der Waals surface area (Å²) in [5, 5.41) is 10.7. The summed E-state index contributed by atoms with van der Waals surface area (Å²) in [7, 11) is 4.02. The zero-order valence-electron chi connectivity index (χ0n) is 12.3. The molecular formula is C17H19NO2S. The van der Waals surface area contributed by atoms with Crippen molar-refractivity contribution in [3.8, 4) is 17.6 Å². The first-order chi connectivity index (χ1) is 10.2. The third-order valence-electron chi connectivity index (χ3n) is 2.84. The minimum absolute atomic E-state index is 0.106. The Hall–Kier alpha value is -1.96. The molecule has 1 aromatic carbocycles. The van der Waals surface area contributed by atoms with Gasteiger partial charge in [0.15, 0.2) is 0 Å². The van der Waals surface area contributed by atoms with E-state index in [-0.39, 0.29) is 6.61 Å². The summed E-state index contributed by atoms with van der Waals surface area (Å²) in [6.45, 7) is 0.651. The van der Waals surface area contributed by atoms with E-state index >= 15 is 0 Å². The number of benzene rings is 1. The fourth-order valence-electron chi connectivity index (χ4n) is 1.75. The van der Waals surface area contributed by atoms with Crippen LogP contribution in [0.25, 0.3) is 0 Å². The number of hydrogen-bond donors (Lipinski definition) is 1. The SMILES string of the molecule is CN(C)c1cccc(OCc2cc(C#CCCO)cs2)c1. The van der Waals surface area contributed by atoms with Crippen LogP contribution >= 0.6 is 11.3 Å². The minimum atomic E-state index is 0.106. The van der Waals surface area contributed by atoms with Crippen LogP contribution in [0, 0.1) is 11.8 Å². The number of aliphatic hydroxyl groups is 1. The van der Waals surface area contributed by atoms with E-state index < -0.39 is 0 Å². The lowest BCUT2D eigenvalue weighted by Crippen LogP contribution is -2.08. The summed E-state index contributed by atoms with van der Waals surface area (Å²) in [6.07, 6.45) is 0.513. The van der Waals surface area contributed by atoms with Gasteiger partial charge < -0.3 is 14.7 Å². The van der Waals surface area contributed by atoms with Crippen LogP contribution in [0.5, 0.6) is 5.75 Å². The first-order valence-corrected chi connectivity index (χ1v) is 7.64. The molecule has 0 radical (unpaired) electrons. The number of hydrogen-bond acceptors (Lipinski definition) is 4. The second-order valence-corrected chi connectivity index (χ2v) is 5.75. The fraction of sp³-hybridized carbons (Fsp3) is 0.294. The number of aliphatic hydroxyl groups excluding tert-OH is 1. The van der Waals surface area contributed by atoms with Gasteiger partial charge in [-0.1, -0.05) is 17.9 Å². The van der Waals surface area contributed by atoms with E-state index in [0.717, 1.165) is 21.9 Å². The van der Waals surface area contributed by atoms with E-state index in [2.05, 4.69) is 11.8 Å². The van der Waals surface area contributed by atoms with Crippen molar-refractivity contribution in [1.29, 1.82) is 0 Å². The molecule has 4 heteroatoms. The number of thiophene rings is 1. The molecule has 2 rings (SSSR count). The second kappa shape index (κ2) is 7.72. The van der Waals surface area contributed by atoms with Crippen LogP contribution in [-0.2, 0) is 6.61 Å². The van der Waals surface area contributed by atoms with Crippen molar-refractivity contribution >= 4 is 17.0 Å². The zero-order chi connectivity index (χ0) is 15.1. The standard InChI is InChI=1S/C17H19NO2S/c1-18(2)15-7-5-8-16(11-15)20-12-17-10-14(13-21-17)6-3-4-9-19/h5,7-8,10-11,13,19H,4,9,12H2,1-2H3. The van der Waals surface area contributed by atoms with Crippen LogP contribution in [0.3, 0.4) is 0 Å². The molecule has 1 heterocycles. The molecule has 2 aromatic rings. The van der Waals surface area contributed by atoms with Gasteiger partial charge in [0.1, 0.15) is 12.4 Å². The highest BCUT2D eigenvalue weighted by atomic mass is 32.1. The summed E-state index contributed by atoms with van der Waals surface area (Å²) in [6, 6.07) is 10.1. The van der Waals surface area contributed by atoms with E-state index in [1.165, 1.54) is 0 Å². The largest absolute Gasteiger partial charge is 0.488 e. The van der Waals surface area contributed by atoms with Crippen molar-refractivity contribution in [2.45, 2.75) is 13.0 Å². The fourth-order valence-corrected chi connectivity index (χ4v) is 2.48. The Labute approximate surface area is 129 Å². The maximum absolute atomic E-state index is 8.70. The van der Waals surface area contributed by atoms with Crippen molar-refractivity contribution in [1.82, 2.24) is 0 Å². The first-order valence-electron chi connectivity index (χ1n) is 6.76. The van der Waals surface area contributed by atoms with Crippen LogP contribution in [0.2, 0.25) is 0 Å². The van der Waals surface area contributed by atoms with Crippen molar-refractivity contribution in [2.24, 2.45) is 0 Å². The van der Waals surface area contributed by atoms with E-state index in [1.54, 1.807) is 11.3 Å². The third-order valence-corrected chi connectivity index (χ3v) is 3.75. The summed E-state index contributed by atoms with van der Waals surface area (Å²) >= 11 is 1.64. The number of nitrogens with zero attached hydrogens (tertiary/aromatic N) is 1. The van der Waals surface area contributed by atoms with Gasteiger partial charge >= 0.3 is 0 Å². The molecule has 0 saturated carbocycles. The van der Waals surface area contributed by atoms with E-state index in [4.69, 9.17) is 9.84 Å². The second-order valence-electron chi connectivity index (χ2n) is 4.76. The summed E-state index contributed by atoms with van der Waals surface area (Å²) in [5.41, 5.74) is 2.10. The molecule has 0 unspecified atom stereocenters. The lowest BCUT2D eigenvalue weighted by molar-refractivity contribution is 0.305. The average molecular weight is 301 g/mol. The van der Waals surface area contributed by atoms with Crippen molar-refractivity contribution in [3.05, 3.63) is 46.2 Å². The molecular weight excluding hydrogens is 282 g/mol. The molecule has 110 valence electrons. The molecule has 0 aliphatic rings. The maximum atomic E-state index is 8.70. The number of rotatable bonds is 5. The Kier molecular flexibility index (Phi) is 5.68. The maximum Gasteiger partial charge on any atom is 0.122 e. The lowest BCUT2D eigenvalue weighted by atomic mass is 10.3. The Morgan fingerprint density at radius 3 is 2.90 bits per heavy atom. The summed E-state index contributed by atoms with van der Waals surface area (Å²) in [5.74, 6) is 6.81. The Bertz CT molecular complexity index is 637. The molecule has 21 heavy (non-hydrogen) atoms. The summed E-state index contributed by atoms with van der Waals surface area (Å²) < 4.78 is 5.82. The normalized spacial score (nSPS) is 9.86. The molecule has 0 amide bonds. The van der Waals surface area contributed by atoms with Crippen LogP contribution in [0.15, 0.2) is 35.7 Å². The molecule has 0 spiro atoms. The highest BCUT2D eigenvalue weighted by Crippen LogP contribution is 2.22. The molecule has 0 atom stereocenters. The Balaban J connectivity index is 1.94. The predicted molar refractivity (Wildman–Crippen MR) is 88.0 cm³/mol. The van der Waals surface area contributed by atoms with Gasteiger partial charge in [-0.2, -0.15) is 0 Å². The van der Waals surface area contributed by atoms with E-state index in [1.807, 2.05) is 54.7 Å². The van der Waals surface area contributed by atoms with Crippen LogP contribution in [0.1, 0.15) is 16.9 Å². The highest BCUT2D eigenvalue weighted by Gasteiger charge is 2.01. The first kappa shape index (κ1) is 15.4. The molecule has 0 fully saturated rings. The Morgan fingerprint density at radius 2 is 2.14 bits per heavy atom. The minimum Gasteiger partial charge on any atom is -0.488 e. The van der Waals surface area contributed by atoms with Gasteiger partial charge in [0.25, 0.3) is 0 Å². The van der Waals surface area contributed by atoms with Gasteiger partial charge in [0.2, 0.25) is 0 Å². The van der Waals surface area contributed by atoms with Crippen LogP contribution in [0.4, 0.5) is 5.69 Å². The molecule has 0 bridgehead atoms. The van der Waals surface area contributed by atoms with Gasteiger partial charge in [-0.25, -0.2) is 0 Å². The highest BCUT2D eigenvalue weighted by molar-refractivity contribution is 7.10. The molecule has 0 aliphatic carbocycles. The monoisotopic (exact) mass is 301 g/mol. The van der Waals surface area contributed by atoms with Crippen molar-refractivity contribution in [2.75, 3.05) is 25.6 Å². The van der Waals surface area contributed by atoms with Crippen LogP contribution < -0.4 is 9.64 Å². The molecule has 3 nitrogen and oxygen atoms in total. The molecule has 0 saturated heterocycles. The smallest absolute Gasteiger partial charge is 0.122 e. The predicted octanol–water partition coefficient (Wildman–Crippen LogP) is 3.13. The third kappa shape index (κ3) is 4.82. The summed E-state index contributed by atoms with van der Waals surface area (Å²) in [4.78, 5) is 3.19. The molecule has 1 N–H and O–H groups in total. The van der Waals surface area contributed by atoms with Crippen molar-refractivity contribution < 1.29 is 9.84 Å². The average Bonchev–Trinajstić information content (AvgIpc) is 2.94. The lowest BCUT2D eigenvalue weighted by Gasteiger charge is -2.13.